The van der Waals surface area contributed by atoms with E-state index in [9.17, 15) is 12.6 Å². The molecule has 0 atom stereocenters. The normalized spacial score (nSPS) is 12.7. The highest BCUT2D eigenvalue weighted by molar-refractivity contribution is 4.33. The van der Waals surface area contributed by atoms with E-state index in [1.54, 1.807) is 13.8 Å². The molecule has 4 nitrogen and oxygen atoms in total. The summed E-state index contributed by atoms with van der Waals surface area (Å²) in [6.45, 7) is 3.52. The van der Waals surface area contributed by atoms with Crippen LogP contribution >= 0.6 is 0 Å². The number of halogens is 1. The Labute approximate surface area is 57.6 Å². The highest BCUT2D eigenvalue weighted by atomic mass is 80.0. The molecule has 0 saturated heterocycles. The minimum atomic E-state index is -4.99. The molecule has 0 heterocycles. The van der Waals surface area contributed by atoms with Gasteiger partial charge >= 0.3 is 0 Å². The second kappa shape index (κ2) is 3.48. The van der Waals surface area contributed by atoms with Gasteiger partial charge in [0.15, 0.2) is 6.61 Å². The molecule has 0 saturated carbocycles. The summed E-state index contributed by atoms with van der Waals surface area (Å²) in [6.07, 6.45) is 0. The molecular weight excluding hydrogens is 192 g/mol. The Hall–Kier alpha value is 0.320. The van der Waals surface area contributed by atoms with Crippen molar-refractivity contribution in [1.82, 2.24) is 0 Å². The highest BCUT2D eigenvalue weighted by Gasteiger charge is 2.22. The summed E-state index contributed by atoms with van der Waals surface area (Å²) in [4.78, 5) is 0. The minimum Gasteiger partial charge on any atom is -0.227 e. The summed E-state index contributed by atoms with van der Waals surface area (Å²) in [6, 6.07) is 0. The fourth-order valence-electron chi connectivity index (χ4n) is 0.203. The lowest BCUT2D eigenvalue weighted by molar-refractivity contribution is -1.92. The Bertz CT molecular complexity index is 77.1. The minimum absolute atomic E-state index is 0.0104. The maximum absolute atomic E-state index is 9.82. The Morgan fingerprint density at radius 1 is 1.33 bits per heavy atom. The van der Waals surface area contributed by atoms with Gasteiger partial charge in [-0.1, -0.05) is 13.8 Å². The molecule has 0 aliphatic rings. The van der Waals surface area contributed by atoms with E-state index in [-0.39, 0.29) is 12.5 Å². The van der Waals surface area contributed by atoms with Crippen LogP contribution < -0.4 is 12.6 Å². The van der Waals surface area contributed by atoms with Gasteiger partial charge in [0.2, 0.25) is 0 Å². The summed E-state index contributed by atoms with van der Waals surface area (Å²) in [5, 5.41) is 0. The molecule has 0 rings (SSSR count). The van der Waals surface area contributed by atoms with Gasteiger partial charge < -0.3 is 0 Å². The molecule has 0 aromatic rings. The standard InChI is InChI=1S/C4H9BrO4/c1-4(2)3-9-5(6,7)8/h4H,3H2,1-2H3. The fraction of sp³-hybridized carbons (Fsp3) is 1.00. The summed E-state index contributed by atoms with van der Waals surface area (Å²) in [7, 11) is 0. The van der Waals surface area contributed by atoms with Crippen molar-refractivity contribution in [2.75, 3.05) is 6.61 Å². The van der Waals surface area contributed by atoms with Crippen LogP contribution in [0.1, 0.15) is 13.8 Å². The molecule has 0 spiro atoms. The lowest BCUT2D eigenvalue weighted by Gasteiger charge is -2.08. The SMILES string of the molecule is CC(C)CO[Br+3]([O-])([O-])[O-]. The van der Waals surface area contributed by atoms with Gasteiger partial charge in [-0.25, -0.2) is 12.6 Å². The zero-order valence-electron chi connectivity index (χ0n) is 5.30. The maximum Gasteiger partial charge on any atom is 0.268 e. The Morgan fingerprint density at radius 2 is 1.78 bits per heavy atom. The van der Waals surface area contributed by atoms with E-state index in [2.05, 4.69) is 3.83 Å². The summed E-state index contributed by atoms with van der Waals surface area (Å²) < 4.78 is 33.4. The molecule has 0 amide bonds. The highest BCUT2D eigenvalue weighted by Crippen LogP contribution is 1.96. The average molecular weight is 201 g/mol. The molecule has 9 heavy (non-hydrogen) atoms. The first kappa shape index (κ1) is 9.32. The number of hydrogen-bond acceptors (Lipinski definition) is 4. The van der Waals surface area contributed by atoms with Crippen LogP contribution in [0.2, 0.25) is 0 Å². The molecule has 0 aromatic heterocycles. The molecule has 56 valence electrons. The quantitative estimate of drug-likeness (QED) is 0.508. The first-order valence-electron chi connectivity index (χ1n) is 2.47. The van der Waals surface area contributed by atoms with Gasteiger partial charge in [0.1, 0.15) is 0 Å². The van der Waals surface area contributed by atoms with Gasteiger partial charge in [-0.15, -0.1) is 0 Å². The van der Waals surface area contributed by atoms with Crippen molar-refractivity contribution < 1.29 is 30.5 Å². The van der Waals surface area contributed by atoms with Crippen LogP contribution in [0.3, 0.4) is 0 Å². The lowest BCUT2D eigenvalue weighted by Crippen LogP contribution is -2.61. The third-order valence-electron chi connectivity index (χ3n) is 0.530. The molecule has 5 heteroatoms. The van der Waals surface area contributed by atoms with E-state index in [4.69, 9.17) is 0 Å². The van der Waals surface area contributed by atoms with E-state index in [0.29, 0.717) is 0 Å². The molecule has 0 aliphatic heterocycles. The van der Waals surface area contributed by atoms with Gasteiger partial charge in [0.05, 0.1) is 0 Å². The van der Waals surface area contributed by atoms with Crippen LogP contribution in [-0.2, 0) is 3.83 Å². The third-order valence-corrected chi connectivity index (χ3v) is 1.36. The van der Waals surface area contributed by atoms with Crippen LogP contribution in [-0.4, -0.2) is 6.61 Å². The van der Waals surface area contributed by atoms with Crippen LogP contribution in [0.25, 0.3) is 0 Å². The summed E-state index contributed by atoms with van der Waals surface area (Å²) in [5.74, 6) is 0.0780. The fourth-order valence-corrected chi connectivity index (χ4v) is 1.06. The van der Waals surface area contributed by atoms with Gasteiger partial charge in [-0.2, -0.15) is 0 Å². The smallest absolute Gasteiger partial charge is 0.227 e. The van der Waals surface area contributed by atoms with Crippen molar-refractivity contribution in [3.8, 4) is 0 Å². The second-order valence-corrected chi connectivity index (χ2v) is 4.09. The topological polar surface area (TPSA) is 78.4 Å². The molecule has 0 N–H and O–H groups in total. The van der Waals surface area contributed by atoms with Crippen molar-refractivity contribution in [2.45, 2.75) is 13.8 Å². The van der Waals surface area contributed by atoms with E-state index < -0.39 is 14.1 Å². The van der Waals surface area contributed by atoms with Crippen molar-refractivity contribution >= 4 is 0 Å². The first-order valence-corrected chi connectivity index (χ1v) is 5.06. The Morgan fingerprint density at radius 3 is 1.89 bits per heavy atom. The Kier molecular flexibility index (Phi) is 3.60. The zero-order chi connectivity index (χ0) is 7.49. The molecule has 0 fully saturated rings. The van der Waals surface area contributed by atoms with Crippen LogP contribution in [0.15, 0.2) is 0 Å². The van der Waals surface area contributed by atoms with Gasteiger partial charge in [0.25, 0.3) is 14.1 Å². The van der Waals surface area contributed by atoms with Gasteiger partial charge in [-0.3, -0.25) is 0 Å². The zero-order valence-corrected chi connectivity index (χ0v) is 6.88. The van der Waals surface area contributed by atoms with Crippen molar-refractivity contribution in [3.05, 3.63) is 0 Å². The predicted molar refractivity (Wildman–Crippen MR) is 20.8 cm³/mol. The molecule has 0 aliphatic carbocycles. The van der Waals surface area contributed by atoms with Crippen LogP contribution in [0.4, 0.5) is 0 Å². The second-order valence-electron chi connectivity index (χ2n) is 2.05. The molecule has 0 radical (unpaired) electrons. The van der Waals surface area contributed by atoms with Crippen molar-refractivity contribution in [2.24, 2.45) is 5.92 Å². The third kappa shape index (κ3) is 8.32. The maximum atomic E-state index is 9.82. The largest absolute Gasteiger partial charge is 0.268 e. The summed E-state index contributed by atoms with van der Waals surface area (Å²) in [5.41, 5.74) is 0. The van der Waals surface area contributed by atoms with E-state index >= 15 is 0 Å². The van der Waals surface area contributed by atoms with Crippen LogP contribution in [0.5, 0.6) is 0 Å². The monoisotopic (exact) mass is 200 g/mol. The first-order chi connectivity index (χ1) is 3.92. The number of rotatable bonds is 3. The van der Waals surface area contributed by atoms with Crippen molar-refractivity contribution in [1.29, 1.82) is 0 Å². The van der Waals surface area contributed by atoms with Gasteiger partial charge in [0, 0.05) is 3.83 Å². The van der Waals surface area contributed by atoms with Crippen LogP contribution in [0, 0.1) is 20.0 Å². The van der Waals surface area contributed by atoms with E-state index in [1.807, 2.05) is 0 Å². The molecule has 0 aromatic carbocycles. The lowest BCUT2D eigenvalue weighted by atomic mass is 10.2. The van der Waals surface area contributed by atoms with E-state index in [0.717, 1.165) is 0 Å². The molecule has 0 bridgehead atoms. The predicted octanol–water partition coefficient (Wildman–Crippen LogP) is -2.44. The summed E-state index contributed by atoms with van der Waals surface area (Å²) >= 11 is -4.99. The molecule has 0 unspecified atom stereocenters. The molecular formula is C4H9BrO4. The number of hydrogen-bond donors (Lipinski definition) is 0. The average Bonchev–Trinajstić information content (AvgIpc) is 1.59. The van der Waals surface area contributed by atoms with Gasteiger partial charge in [-0.05, 0) is 5.92 Å². The van der Waals surface area contributed by atoms with E-state index in [1.165, 1.54) is 0 Å². The van der Waals surface area contributed by atoms with Crippen molar-refractivity contribution in [3.63, 3.8) is 0 Å². The Balaban J connectivity index is 3.28.